The molecule has 3 nitrogen and oxygen atoms in total. The molecule has 0 heterocycles. The van der Waals surface area contributed by atoms with Crippen LogP contribution in [0.4, 0.5) is 0 Å². The summed E-state index contributed by atoms with van der Waals surface area (Å²) in [5.74, 6) is 0.348. The molecule has 0 bridgehead atoms. The van der Waals surface area contributed by atoms with Gasteiger partial charge in [0.25, 0.3) is 0 Å². The van der Waals surface area contributed by atoms with Gasteiger partial charge in [-0.25, -0.2) is 0 Å². The molecule has 132 valence electrons. The summed E-state index contributed by atoms with van der Waals surface area (Å²) in [6.07, 6.45) is 10.1. The molecule has 3 unspecified atom stereocenters. The molecule has 0 aromatic heterocycles. The van der Waals surface area contributed by atoms with Gasteiger partial charge in [-0.1, -0.05) is 52.9 Å². The second-order valence-corrected chi connectivity index (χ2v) is 6.53. The molecule has 0 spiro atoms. The van der Waals surface area contributed by atoms with Gasteiger partial charge in [0.15, 0.2) is 0 Å². The Morgan fingerprint density at radius 1 is 0.955 bits per heavy atom. The number of hydrogen-bond acceptors (Lipinski definition) is 3. The molecule has 0 aromatic carbocycles. The van der Waals surface area contributed by atoms with E-state index in [1.165, 1.54) is 32.1 Å². The van der Waals surface area contributed by atoms with Crippen molar-refractivity contribution in [1.29, 1.82) is 0 Å². The highest BCUT2D eigenvalue weighted by Crippen LogP contribution is 2.18. The van der Waals surface area contributed by atoms with Crippen molar-refractivity contribution >= 4 is 5.97 Å². The molecule has 0 aliphatic heterocycles. The van der Waals surface area contributed by atoms with Gasteiger partial charge in [0, 0.05) is 18.4 Å². The van der Waals surface area contributed by atoms with Gasteiger partial charge in [-0.2, -0.15) is 0 Å². The third-order valence-corrected chi connectivity index (χ3v) is 4.52. The number of carbonyl (C=O) groups excluding carboxylic acids is 1. The number of esters is 1. The van der Waals surface area contributed by atoms with Crippen LogP contribution in [0, 0.1) is 5.92 Å². The lowest BCUT2D eigenvalue weighted by molar-refractivity contribution is -0.151. The third-order valence-electron chi connectivity index (χ3n) is 4.52. The van der Waals surface area contributed by atoms with Crippen LogP contribution >= 0.6 is 0 Å². The minimum Gasteiger partial charge on any atom is -0.462 e. The Morgan fingerprint density at radius 3 is 2.18 bits per heavy atom. The molecular weight excluding hydrogens is 274 g/mol. The highest BCUT2D eigenvalue weighted by Gasteiger charge is 2.24. The van der Waals surface area contributed by atoms with Gasteiger partial charge in [0.05, 0.1) is 0 Å². The van der Waals surface area contributed by atoms with Crippen LogP contribution in [0.2, 0.25) is 0 Å². The summed E-state index contributed by atoms with van der Waals surface area (Å²) in [6, 6.07) is 0.394. The van der Waals surface area contributed by atoms with Crippen molar-refractivity contribution in [3.05, 3.63) is 0 Å². The Labute approximate surface area is 138 Å². The zero-order valence-electron chi connectivity index (χ0n) is 15.6. The van der Waals surface area contributed by atoms with E-state index in [9.17, 15) is 4.79 Å². The molecule has 1 N–H and O–H groups in total. The van der Waals surface area contributed by atoms with Gasteiger partial charge in [-0.05, 0) is 39.7 Å². The summed E-state index contributed by atoms with van der Waals surface area (Å²) in [5, 5.41) is 3.62. The smallest absolute Gasteiger partial charge is 0.306 e. The van der Waals surface area contributed by atoms with Crippen molar-refractivity contribution in [1.82, 2.24) is 5.32 Å². The van der Waals surface area contributed by atoms with Crippen molar-refractivity contribution in [2.24, 2.45) is 5.92 Å². The van der Waals surface area contributed by atoms with Gasteiger partial charge < -0.3 is 10.1 Å². The maximum atomic E-state index is 11.8. The maximum Gasteiger partial charge on any atom is 0.306 e. The van der Waals surface area contributed by atoms with Crippen LogP contribution in [-0.4, -0.2) is 24.7 Å². The number of nitrogens with one attached hydrogen (secondary N) is 1. The van der Waals surface area contributed by atoms with Crippen LogP contribution in [0.25, 0.3) is 0 Å². The summed E-state index contributed by atoms with van der Waals surface area (Å²) in [7, 11) is 0. The van der Waals surface area contributed by atoms with Crippen LogP contribution < -0.4 is 5.32 Å². The zero-order chi connectivity index (χ0) is 16.8. The van der Waals surface area contributed by atoms with E-state index in [4.69, 9.17) is 4.74 Å². The Bertz CT molecular complexity index is 268. The van der Waals surface area contributed by atoms with Gasteiger partial charge in [-0.3, -0.25) is 4.79 Å². The number of ether oxygens (including phenoxy) is 1. The average Bonchev–Trinajstić information content (AvgIpc) is 2.49. The molecule has 0 saturated heterocycles. The Balaban J connectivity index is 4.00. The SMILES string of the molecule is CCCCCCCNC(C)C(CC)C(C)OC(=O)CCCC. The average molecular weight is 314 g/mol. The van der Waals surface area contributed by atoms with E-state index in [2.05, 4.69) is 33.0 Å². The molecule has 0 aromatic rings. The first-order valence-electron chi connectivity index (χ1n) is 9.49. The Morgan fingerprint density at radius 2 is 1.59 bits per heavy atom. The molecule has 22 heavy (non-hydrogen) atoms. The quantitative estimate of drug-likeness (QED) is 0.359. The predicted molar refractivity (Wildman–Crippen MR) is 95.1 cm³/mol. The van der Waals surface area contributed by atoms with E-state index in [0.717, 1.165) is 25.8 Å². The Hall–Kier alpha value is -0.570. The second kappa shape index (κ2) is 14.0. The van der Waals surface area contributed by atoms with Gasteiger partial charge in [0.2, 0.25) is 0 Å². The first-order valence-corrected chi connectivity index (χ1v) is 9.49. The fourth-order valence-electron chi connectivity index (χ4n) is 2.98. The van der Waals surface area contributed by atoms with Crippen molar-refractivity contribution in [2.75, 3.05) is 6.54 Å². The fourth-order valence-corrected chi connectivity index (χ4v) is 2.98. The molecule has 0 fully saturated rings. The number of carbonyl (C=O) groups is 1. The first-order chi connectivity index (χ1) is 10.6. The molecule has 0 amide bonds. The van der Waals surface area contributed by atoms with Crippen LogP contribution in [-0.2, 0) is 9.53 Å². The van der Waals surface area contributed by atoms with Crippen molar-refractivity contribution in [3.8, 4) is 0 Å². The lowest BCUT2D eigenvalue weighted by atomic mass is 9.92. The van der Waals surface area contributed by atoms with Gasteiger partial charge >= 0.3 is 5.97 Å². The third kappa shape index (κ3) is 10.2. The lowest BCUT2D eigenvalue weighted by Gasteiger charge is -2.29. The molecule has 3 atom stereocenters. The topological polar surface area (TPSA) is 38.3 Å². The van der Waals surface area contributed by atoms with E-state index in [0.29, 0.717) is 18.4 Å². The van der Waals surface area contributed by atoms with Gasteiger partial charge in [-0.15, -0.1) is 0 Å². The second-order valence-electron chi connectivity index (χ2n) is 6.53. The molecule has 0 saturated carbocycles. The summed E-state index contributed by atoms with van der Waals surface area (Å²) >= 11 is 0. The largest absolute Gasteiger partial charge is 0.462 e. The fraction of sp³-hybridized carbons (Fsp3) is 0.947. The van der Waals surface area contributed by atoms with E-state index in [1.54, 1.807) is 0 Å². The van der Waals surface area contributed by atoms with Crippen LogP contribution in [0.15, 0.2) is 0 Å². The van der Waals surface area contributed by atoms with Crippen LogP contribution in [0.5, 0.6) is 0 Å². The summed E-state index contributed by atoms with van der Waals surface area (Å²) in [4.78, 5) is 11.8. The standard InChI is InChI=1S/C19H39NO2/c1-6-9-11-12-13-15-20-16(4)18(8-3)17(5)22-19(21)14-10-7-2/h16-18,20H,6-15H2,1-5H3. The monoisotopic (exact) mass is 313 g/mol. The normalized spacial score (nSPS) is 15.3. The first kappa shape index (κ1) is 21.4. The minimum atomic E-state index is -0.0421. The van der Waals surface area contributed by atoms with Gasteiger partial charge in [0.1, 0.15) is 6.10 Å². The van der Waals surface area contributed by atoms with Crippen molar-refractivity contribution in [2.45, 2.75) is 105 Å². The van der Waals surface area contributed by atoms with E-state index in [-0.39, 0.29) is 12.1 Å². The van der Waals surface area contributed by atoms with Crippen molar-refractivity contribution < 1.29 is 9.53 Å². The Kier molecular flexibility index (Phi) is 13.7. The van der Waals surface area contributed by atoms with Crippen molar-refractivity contribution in [3.63, 3.8) is 0 Å². The zero-order valence-corrected chi connectivity index (χ0v) is 15.6. The molecule has 0 rings (SSSR count). The molecule has 0 aliphatic rings. The summed E-state index contributed by atoms with van der Waals surface area (Å²) in [5.41, 5.74) is 0. The van der Waals surface area contributed by atoms with Crippen LogP contribution in [0.3, 0.4) is 0 Å². The van der Waals surface area contributed by atoms with E-state index in [1.807, 2.05) is 6.92 Å². The molecule has 0 radical (unpaired) electrons. The highest BCUT2D eigenvalue weighted by atomic mass is 16.5. The lowest BCUT2D eigenvalue weighted by Crippen LogP contribution is -2.40. The summed E-state index contributed by atoms with van der Waals surface area (Å²) < 4.78 is 5.61. The molecular formula is C19H39NO2. The maximum absolute atomic E-state index is 11.8. The number of rotatable bonds is 14. The predicted octanol–water partition coefficient (Wildman–Crippen LogP) is 5.08. The number of hydrogen-bond donors (Lipinski definition) is 1. The highest BCUT2D eigenvalue weighted by molar-refractivity contribution is 5.69. The minimum absolute atomic E-state index is 0.00283. The number of unbranched alkanes of at least 4 members (excludes halogenated alkanes) is 5. The molecule has 3 heteroatoms. The van der Waals surface area contributed by atoms with E-state index < -0.39 is 0 Å². The molecule has 0 aliphatic carbocycles. The van der Waals surface area contributed by atoms with Crippen LogP contribution in [0.1, 0.15) is 92.4 Å². The summed E-state index contributed by atoms with van der Waals surface area (Å²) in [6.45, 7) is 11.8. The van der Waals surface area contributed by atoms with E-state index >= 15 is 0 Å².